The van der Waals surface area contributed by atoms with E-state index in [1.165, 1.54) is 4.68 Å². The molecular weight excluding hydrogens is 341 g/mol. The zero-order valence-electron chi connectivity index (χ0n) is 12.6. The highest BCUT2D eigenvalue weighted by Crippen LogP contribution is 2.21. The van der Waals surface area contributed by atoms with Crippen LogP contribution in [0.15, 0.2) is 24.3 Å². The van der Waals surface area contributed by atoms with Gasteiger partial charge in [-0.15, -0.1) is 0 Å². The molecule has 0 atom stereocenters. The lowest BCUT2D eigenvalue weighted by atomic mass is 10.1. The number of nitrogens with zero attached hydrogens (tertiary/aromatic N) is 2. The van der Waals surface area contributed by atoms with Crippen molar-refractivity contribution in [1.29, 1.82) is 0 Å². The average molecular weight is 356 g/mol. The van der Waals surface area contributed by atoms with E-state index in [1.54, 1.807) is 31.3 Å². The Hall–Kier alpha value is -2.05. The van der Waals surface area contributed by atoms with Crippen LogP contribution in [-0.2, 0) is 27.8 Å². The molecule has 0 fully saturated rings. The van der Waals surface area contributed by atoms with Crippen LogP contribution in [0, 0.1) is 6.92 Å². The third-order valence-electron chi connectivity index (χ3n) is 2.98. The average Bonchev–Trinajstić information content (AvgIpc) is 2.78. The molecule has 0 unspecified atom stereocenters. The molecule has 8 heteroatoms. The van der Waals surface area contributed by atoms with Crippen LogP contribution in [0.25, 0.3) is 0 Å². The van der Waals surface area contributed by atoms with Gasteiger partial charge >= 0.3 is 5.97 Å². The molecule has 1 aromatic heterocycles. The molecule has 0 saturated heterocycles. The lowest BCUT2D eigenvalue weighted by molar-refractivity contribution is -0.146. The van der Waals surface area contributed by atoms with E-state index in [0.29, 0.717) is 21.4 Å². The van der Waals surface area contributed by atoms with E-state index in [2.05, 4.69) is 10.4 Å². The molecule has 1 N–H and O–H groups in total. The fourth-order valence-corrected chi connectivity index (χ4v) is 2.40. The molecule has 0 aliphatic heterocycles. The molecule has 1 amide bonds. The Labute approximate surface area is 143 Å². The Morgan fingerprint density at radius 1 is 1.30 bits per heavy atom. The van der Waals surface area contributed by atoms with Crippen molar-refractivity contribution in [3.05, 3.63) is 45.6 Å². The van der Waals surface area contributed by atoms with Gasteiger partial charge in [-0.1, -0.05) is 29.3 Å². The lowest BCUT2D eigenvalue weighted by Gasteiger charge is -2.07. The number of amides is 1. The molecule has 2 rings (SSSR count). The van der Waals surface area contributed by atoms with Crippen LogP contribution in [0.1, 0.15) is 11.3 Å². The maximum atomic E-state index is 11.8. The normalized spacial score (nSPS) is 10.4. The fourth-order valence-electron chi connectivity index (χ4n) is 1.92. The van der Waals surface area contributed by atoms with Gasteiger partial charge < -0.3 is 10.1 Å². The second-order valence-electron chi connectivity index (χ2n) is 4.92. The monoisotopic (exact) mass is 355 g/mol. The van der Waals surface area contributed by atoms with Gasteiger partial charge in [-0.3, -0.25) is 14.3 Å². The summed E-state index contributed by atoms with van der Waals surface area (Å²) in [6.45, 7) is 1.43. The molecular formula is C15H15Cl2N3O3. The summed E-state index contributed by atoms with van der Waals surface area (Å²) in [7, 11) is 1.71. The predicted octanol–water partition coefficient (Wildman–Crippen LogP) is 2.76. The number of rotatable bonds is 5. The number of hydrogen-bond acceptors (Lipinski definition) is 4. The summed E-state index contributed by atoms with van der Waals surface area (Å²) in [6.07, 6.45) is -0.0336. The van der Waals surface area contributed by atoms with E-state index < -0.39 is 11.9 Å². The van der Waals surface area contributed by atoms with Crippen molar-refractivity contribution in [3.63, 3.8) is 0 Å². The largest absolute Gasteiger partial charge is 0.455 e. The summed E-state index contributed by atoms with van der Waals surface area (Å²) in [4.78, 5) is 23.5. The molecule has 0 saturated carbocycles. The smallest absolute Gasteiger partial charge is 0.310 e. The number of aryl methyl sites for hydroxylation is 2. The Kier molecular flexibility index (Phi) is 5.63. The van der Waals surface area contributed by atoms with Gasteiger partial charge in [0.05, 0.1) is 12.1 Å². The Bertz CT molecular complexity index is 744. The van der Waals surface area contributed by atoms with E-state index in [-0.39, 0.29) is 13.0 Å². The topological polar surface area (TPSA) is 73.2 Å². The molecule has 2 aromatic rings. The number of aromatic nitrogens is 2. The molecule has 1 heterocycles. The summed E-state index contributed by atoms with van der Waals surface area (Å²) in [5.41, 5.74) is 1.36. The third-order valence-corrected chi connectivity index (χ3v) is 3.57. The summed E-state index contributed by atoms with van der Waals surface area (Å²) >= 11 is 11.8. The summed E-state index contributed by atoms with van der Waals surface area (Å²) in [5, 5.41) is 7.57. The zero-order valence-corrected chi connectivity index (χ0v) is 14.1. The highest BCUT2D eigenvalue weighted by Gasteiger charge is 2.12. The predicted molar refractivity (Wildman–Crippen MR) is 87.7 cm³/mol. The number of carbonyl (C=O) groups is 2. The number of carbonyl (C=O) groups excluding carboxylic acids is 2. The van der Waals surface area contributed by atoms with Crippen LogP contribution >= 0.6 is 23.2 Å². The SMILES string of the molecule is Cc1cc(NC(=O)COC(=O)Cc2ccc(Cl)cc2Cl)n(C)n1. The zero-order chi connectivity index (χ0) is 17.0. The fraction of sp³-hybridized carbons (Fsp3) is 0.267. The number of anilines is 1. The maximum Gasteiger partial charge on any atom is 0.310 e. The van der Waals surface area contributed by atoms with Crippen LogP contribution in [0.5, 0.6) is 0 Å². The maximum absolute atomic E-state index is 11.8. The Morgan fingerprint density at radius 3 is 2.65 bits per heavy atom. The van der Waals surface area contributed by atoms with E-state index in [9.17, 15) is 9.59 Å². The van der Waals surface area contributed by atoms with E-state index >= 15 is 0 Å². The van der Waals surface area contributed by atoms with Crippen LogP contribution in [0.3, 0.4) is 0 Å². The minimum absolute atomic E-state index is 0.0336. The number of benzene rings is 1. The van der Waals surface area contributed by atoms with E-state index in [4.69, 9.17) is 27.9 Å². The number of halogens is 2. The van der Waals surface area contributed by atoms with Gasteiger partial charge in [0, 0.05) is 23.2 Å². The van der Waals surface area contributed by atoms with Crippen molar-refractivity contribution < 1.29 is 14.3 Å². The van der Waals surface area contributed by atoms with Gasteiger partial charge in [0.25, 0.3) is 5.91 Å². The van der Waals surface area contributed by atoms with Crippen LogP contribution in [0.4, 0.5) is 5.82 Å². The minimum atomic E-state index is -0.550. The molecule has 0 spiro atoms. The van der Waals surface area contributed by atoms with Crippen molar-refractivity contribution in [2.45, 2.75) is 13.3 Å². The molecule has 1 aromatic carbocycles. The first kappa shape index (κ1) is 17.3. The Morgan fingerprint density at radius 2 is 2.04 bits per heavy atom. The molecule has 0 radical (unpaired) electrons. The number of ether oxygens (including phenoxy) is 1. The molecule has 23 heavy (non-hydrogen) atoms. The second-order valence-corrected chi connectivity index (χ2v) is 5.76. The molecule has 0 aliphatic carbocycles. The van der Waals surface area contributed by atoms with E-state index in [0.717, 1.165) is 5.69 Å². The second kappa shape index (κ2) is 7.48. The van der Waals surface area contributed by atoms with Crippen molar-refractivity contribution in [1.82, 2.24) is 9.78 Å². The standard InChI is InChI=1S/C15H15Cl2N3O3/c1-9-5-13(20(2)19-9)18-14(21)8-23-15(22)6-10-3-4-11(16)7-12(10)17/h3-5,7H,6,8H2,1-2H3,(H,18,21). The first-order chi connectivity index (χ1) is 10.8. The first-order valence-electron chi connectivity index (χ1n) is 6.75. The van der Waals surface area contributed by atoms with Gasteiger partial charge in [-0.2, -0.15) is 5.10 Å². The Balaban J connectivity index is 1.84. The van der Waals surface area contributed by atoms with Crippen LogP contribution in [0.2, 0.25) is 10.0 Å². The number of hydrogen-bond donors (Lipinski definition) is 1. The number of nitrogens with one attached hydrogen (secondary N) is 1. The van der Waals surface area contributed by atoms with Gasteiger partial charge in [0.15, 0.2) is 6.61 Å². The quantitative estimate of drug-likeness (QED) is 0.836. The highest BCUT2D eigenvalue weighted by atomic mass is 35.5. The molecule has 0 bridgehead atoms. The van der Waals surface area contributed by atoms with Gasteiger partial charge in [-0.05, 0) is 24.6 Å². The summed E-state index contributed by atoms with van der Waals surface area (Å²) in [6, 6.07) is 6.54. The van der Waals surface area contributed by atoms with Crippen molar-refractivity contribution in [2.75, 3.05) is 11.9 Å². The van der Waals surface area contributed by atoms with Gasteiger partial charge in [-0.25, -0.2) is 0 Å². The van der Waals surface area contributed by atoms with Crippen molar-refractivity contribution in [2.24, 2.45) is 7.05 Å². The summed E-state index contributed by atoms with van der Waals surface area (Å²) < 4.78 is 6.47. The molecule has 0 aliphatic rings. The van der Waals surface area contributed by atoms with E-state index in [1.807, 2.05) is 6.92 Å². The number of esters is 1. The lowest BCUT2D eigenvalue weighted by Crippen LogP contribution is -2.22. The minimum Gasteiger partial charge on any atom is -0.455 e. The summed E-state index contributed by atoms with van der Waals surface area (Å²) in [5.74, 6) is -0.460. The van der Waals surface area contributed by atoms with Gasteiger partial charge in [0.1, 0.15) is 5.82 Å². The van der Waals surface area contributed by atoms with Gasteiger partial charge in [0.2, 0.25) is 0 Å². The van der Waals surface area contributed by atoms with Crippen molar-refractivity contribution >= 4 is 40.9 Å². The molecule has 122 valence electrons. The van der Waals surface area contributed by atoms with Crippen molar-refractivity contribution in [3.8, 4) is 0 Å². The van der Waals surface area contributed by atoms with Crippen LogP contribution < -0.4 is 5.32 Å². The third kappa shape index (κ3) is 4.97. The highest BCUT2D eigenvalue weighted by molar-refractivity contribution is 6.35. The first-order valence-corrected chi connectivity index (χ1v) is 7.51. The van der Waals surface area contributed by atoms with Crippen LogP contribution in [-0.4, -0.2) is 28.3 Å². The molecule has 6 nitrogen and oxygen atoms in total.